The Morgan fingerprint density at radius 1 is 0.935 bits per heavy atom. The average Bonchev–Trinajstić information content (AvgIpc) is 2.79. The van der Waals surface area contributed by atoms with Crippen LogP contribution in [-0.4, -0.2) is 23.2 Å². The molecule has 1 heterocycles. The van der Waals surface area contributed by atoms with Gasteiger partial charge in [0.1, 0.15) is 5.82 Å². The number of hydrogen-bond acceptors (Lipinski definition) is 3. The van der Waals surface area contributed by atoms with Crippen LogP contribution in [0.5, 0.6) is 0 Å². The fourth-order valence-corrected chi connectivity index (χ4v) is 3.38. The van der Waals surface area contributed by atoms with E-state index in [0.29, 0.717) is 30.5 Å². The van der Waals surface area contributed by atoms with E-state index < -0.39 is 11.8 Å². The minimum Gasteiger partial charge on any atom is -0.310 e. The van der Waals surface area contributed by atoms with E-state index in [9.17, 15) is 18.4 Å². The molecule has 3 rings (SSSR count). The SMILES string of the molecule is CCC(=O)N(CC)c1ccc(-c2ccc(C(=O)CCc3ccc(F)nc3)cc2)cc1F. The monoisotopic (exact) mass is 422 g/mol. The maximum absolute atomic E-state index is 14.7. The molecule has 160 valence electrons. The molecule has 0 aliphatic carbocycles. The van der Waals surface area contributed by atoms with Crippen molar-refractivity contribution in [1.29, 1.82) is 0 Å². The zero-order chi connectivity index (χ0) is 22.4. The number of Topliss-reactive ketones (excluding diaryl/α,β-unsaturated/α-hetero) is 1. The molecule has 1 aromatic heterocycles. The molecule has 0 atom stereocenters. The summed E-state index contributed by atoms with van der Waals surface area (Å²) in [5.41, 5.74) is 3.05. The zero-order valence-electron chi connectivity index (χ0n) is 17.6. The lowest BCUT2D eigenvalue weighted by atomic mass is 9.99. The Bertz CT molecular complexity index is 1060. The van der Waals surface area contributed by atoms with Crippen LogP contribution in [0.3, 0.4) is 0 Å². The third-order valence-corrected chi connectivity index (χ3v) is 5.13. The van der Waals surface area contributed by atoms with Crippen LogP contribution in [0, 0.1) is 11.8 Å². The van der Waals surface area contributed by atoms with Crippen molar-refractivity contribution in [2.45, 2.75) is 33.1 Å². The summed E-state index contributed by atoms with van der Waals surface area (Å²) in [6.07, 6.45) is 2.50. The highest BCUT2D eigenvalue weighted by Gasteiger charge is 2.16. The van der Waals surface area contributed by atoms with Gasteiger partial charge < -0.3 is 4.90 Å². The van der Waals surface area contributed by atoms with Crippen molar-refractivity contribution < 1.29 is 18.4 Å². The highest BCUT2D eigenvalue weighted by molar-refractivity contribution is 5.96. The maximum atomic E-state index is 14.7. The predicted octanol–water partition coefficient (Wildman–Crippen LogP) is 5.61. The fourth-order valence-electron chi connectivity index (χ4n) is 3.38. The second-order valence-electron chi connectivity index (χ2n) is 7.15. The molecule has 1 amide bonds. The van der Waals surface area contributed by atoms with Gasteiger partial charge in [-0.15, -0.1) is 0 Å². The van der Waals surface area contributed by atoms with E-state index in [4.69, 9.17) is 0 Å². The Kier molecular flexibility index (Phi) is 7.23. The summed E-state index contributed by atoms with van der Waals surface area (Å²) in [5.74, 6) is -1.17. The van der Waals surface area contributed by atoms with Gasteiger partial charge >= 0.3 is 0 Å². The quantitative estimate of drug-likeness (QED) is 0.350. The van der Waals surface area contributed by atoms with Crippen LogP contribution in [0.4, 0.5) is 14.5 Å². The second-order valence-corrected chi connectivity index (χ2v) is 7.15. The molecule has 0 N–H and O–H groups in total. The maximum Gasteiger partial charge on any atom is 0.226 e. The van der Waals surface area contributed by atoms with E-state index in [1.165, 1.54) is 23.2 Å². The molecule has 0 spiro atoms. The van der Waals surface area contributed by atoms with Gasteiger partial charge in [0.15, 0.2) is 5.78 Å². The number of aromatic nitrogens is 1. The molecule has 4 nitrogen and oxygen atoms in total. The molecule has 6 heteroatoms. The van der Waals surface area contributed by atoms with Crippen molar-refractivity contribution in [1.82, 2.24) is 4.98 Å². The van der Waals surface area contributed by atoms with E-state index in [-0.39, 0.29) is 23.8 Å². The summed E-state index contributed by atoms with van der Waals surface area (Å²) in [5, 5.41) is 0. The normalized spacial score (nSPS) is 10.7. The van der Waals surface area contributed by atoms with Crippen molar-refractivity contribution in [3.05, 3.63) is 83.7 Å². The first-order chi connectivity index (χ1) is 14.9. The van der Waals surface area contributed by atoms with Crippen LogP contribution in [0.25, 0.3) is 11.1 Å². The molecule has 0 aliphatic heterocycles. The Hall–Kier alpha value is -3.41. The van der Waals surface area contributed by atoms with Crippen molar-refractivity contribution in [2.24, 2.45) is 0 Å². The van der Waals surface area contributed by atoms with Crippen LogP contribution in [0.2, 0.25) is 0 Å². The number of halogens is 2. The molecule has 0 radical (unpaired) electrons. The second kappa shape index (κ2) is 10.1. The summed E-state index contributed by atoms with van der Waals surface area (Å²) in [4.78, 5) is 29.5. The summed E-state index contributed by atoms with van der Waals surface area (Å²) in [7, 11) is 0. The smallest absolute Gasteiger partial charge is 0.226 e. The van der Waals surface area contributed by atoms with Gasteiger partial charge in [-0.1, -0.05) is 43.3 Å². The number of carbonyl (C=O) groups is 2. The summed E-state index contributed by atoms with van der Waals surface area (Å²) >= 11 is 0. The van der Waals surface area contributed by atoms with Crippen molar-refractivity contribution in [2.75, 3.05) is 11.4 Å². The molecule has 0 unspecified atom stereocenters. The number of aryl methyl sites for hydroxylation is 1. The fraction of sp³-hybridized carbons (Fsp3) is 0.240. The molecule has 0 fully saturated rings. The van der Waals surface area contributed by atoms with Crippen LogP contribution >= 0.6 is 0 Å². The molecule has 2 aromatic carbocycles. The van der Waals surface area contributed by atoms with Gasteiger partial charge in [0, 0.05) is 31.1 Å². The first-order valence-corrected chi connectivity index (χ1v) is 10.3. The lowest BCUT2D eigenvalue weighted by Gasteiger charge is -2.21. The number of nitrogens with zero attached hydrogens (tertiary/aromatic N) is 2. The number of anilines is 1. The zero-order valence-corrected chi connectivity index (χ0v) is 17.6. The largest absolute Gasteiger partial charge is 0.310 e. The Balaban J connectivity index is 1.70. The molecule has 0 saturated carbocycles. The first kappa shape index (κ1) is 22.3. The Labute approximate surface area is 180 Å². The molecule has 0 saturated heterocycles. The summed E-state index contributed by atoms with van der Waals surface area (Å²) in [6.45, 7) is 3.95. The topological polar surface area (TPSA) is 50.3 Å². The number of ketones is 1. The van der Waals surface area contributed by atoms with E-state index in [1.807, 2.05) is 6.92 Å². The molecule has 31 heavy (non-hydrogen) atoms. The molecule has 3 aromatic rings. The van der Waals surface area contributed by atoms with Crippen LogP contribution in [-0.2, 0) is 11.2 Å². The summed E-state index contributed by atoms with van der Waals surface area (Å²) in [6, 6.07) is 14.6. The average molecular weight is 422 g/mol. The lowest BCUT2D eigenvalue weighted by Crippen LogP contribution is -2.30. The van der Waals surface area contributed by atoms with Gasteiger partial charge in [-0.2, -0.15) is 4.39 Å². The highest BCUT2D eigenvalue weighted by Crippen LogP contribution is 2.27. The van der Waals surface area contributed by atoms with Crippen LogP contribution in [0.1, 0.15) is 42.6 Å². The molecular formula is C25H24F2N2O2. The van der Waals surface area contributed by atoms with Crippen molar-refractivity contribution in [3.63, 3.8) is 0 Å². The highest BCUT2D eigenvalue weighted by atomic mass is 19.1. The van der Waals surface area contributed by atoms with Gasteiger partial charge in [0.25, 0.3) is 0 Å². The van der Waals surface area contributed by atoms with E-state index in [0.717, 1.165) is 11.1 Å². The van der Waals surface area contributed by atoms with Gasteiger partial charge in [0.2, 0.25) is 11.9 Å². The van der Waals surface area contributed by atoms with E-state index >= 15 is 0 Å². The minimum absolute atomic E-state index is 0.0333. The lowest BCUT2D eigenvalue weighted by molar-refractivity contribution is -0.118. The number of carbonyl (C=O) groups excluding carboxylic acids is 2. The summed E-state index contributed by atoms with van der Waals surface area (Å²) < 4.78 is 27.6. The Morgan fingerprint density at radius 3 is 2.23 bits per heavy atom. The van der Waals surface area contributed by atoms with Gasteiger partial charge in [-0.3, -0.25) is 9.59 Å². The molecule has 0 bridgehead atoms. The van der Waals surface area contributed by atoms with E-state index in [1.54, 1.807) is 49.4 Å². The van der Waals surface area contributed by atoms with Crippen molar-refractivity contribution >= 4 is 17.4 Å². The number of rotatable bonds is 8. The van der Waals surface area contributed by atoms with Gasteiger partial charge in [-0.05, 0) is 48.2 Å². The predicted molar refractivity (Wildman–Crippen MR) is 117 cm³/mol. The minimum atomic E-state index is -0.547. The van der Waals surface area contributed by atoms with E-state index in [2.05, 4.69) is 4.98 Å². The molecular weight excluding hydrogens is 398 g/mol. The van der Waals surface area contributed by atoms with Crippen LogP contribution in [0.15, 0.2) is 60.8 Å². The molecule has 0 aliphatic rings. The third-order valence-electron chi connectivity index (χ3n) is 5.13. The number of benzene rings is 2. The Morgan fingerprint density at radius 2 is 1.65 bits per heavy atom. The van der Waals surface area contributed by atoms with Gasteiger partial charge in [-0.25, -0.2) is 9.37 Å². The third kappa shape index (κ3) is 5.40. The number of hydrogen-bond donors (Lipinski definition) is 0. The number of amides is 1. The number of pyridine rings is 1. The van der Waals surface area contributed by atoms with Crippen molar-refractivity contribution in [3.8, 4) is 11.1 Å². The standard InChI is InChI=1S/C25H24F2N2O2/c1-3-25(31)29(4-2)22-12-11-20(15-21(22)26)18-7-9-19(10-8-18)23(30)13-5-17-6-14-24(27)28-16-17/h6-12,14-16H,3-5,13H2,1-2H3. The van der Waals surface area contributed by atoms with Crippen LogP contribution < -0.4 is 4.90 Å². The van der Waals surface area contributed by atoms with Gasteiger partial charge in [0.05, 0.1) is 5.69 Å². The first-order valence-electron chi connectivity index (χ1n) is 10.3.